The molecule has 1 saturated heterocycles. The van der Waals surface area contributed by atoms with E-state index in [4.69, 9.17) is 14.6 Å². The van der Waals surface area contributed by atoms with Crippen molar-refractivity contribution in [1.82, 2.24) is 4.90 Å². The lowest BCUT2D eigenvalue weighted by Gasteiger charge is -2.35. The number of thiophene rings is 1. The molecule has 0 radical (unpaired) electrons. The van der Waals surface area contributed by atoms with Gasteiger partial charge in [0.15, 0.2) is 11.5 Å². The Hall–Kier alpha value is -1.60. The Morgan fingerprint density at radius 2 is 2.10 bits per heavy atom. The lowest BCUT2D eigenvalue weighted by atomic mass is 10.2. The predicted octanol–water partition coefficient (Wildman–Crippen LogP) is 1.46. The highest BCUT2D eigenvalue weighted by molar-refractivity contribution is 7.12. The van der Waals surface area contributed by atoms with E-state index in [1.54, 1.807) is 16.3 Å². The Balaban J connectivity index is 1.91. The first-order chi connectivity index (χ1) is 9.47. The highest BCUT2D eigenvalue weighted by atomic mass is 32.1. The van der Waals surface area contributed by atoms with Gasteiger partial charge in [-0.05, 0) is 25.3 Å². The van der Waals surface area contributed by atoms with E-state index in [-0.39, 0.29) is 35.3 Å². The number of aromatic carboxylic acids is 1. The number of morpholine rings is 1. The molecule has 1 aliphatic heterocycles. The minimum absolute atomic E-state index is 0.00146. The maximum absolute atomic E-state index is 12.1. The molecule has 2 rings (SSSR count). The van der Waals surface area contributed by atoms with Gasteiger partial charge in [-0.1, -0.05) is 0 Å². The van der Waals surface area contributed by atoms with E-state index in [2.05, 4.69) is 0 Å². The first kappa shape index (κ1) is 14.8. The molecule has 6 nitrogen and oxygen atoms in total. The fraction of sp³-hybridized carbons (Fsp3) is 0.538. The van der Waals surface area contributed by atoms with Crippen molar-refractivity contribution < 1.29 is 24.2 Å². The number of carbonyl (C=O) groups excluding carboxylic acids is 1. The molecule has 1 aliphatic rings. The Labute approximate surface area is 120 Å². The van der Waals surface area contributed by atoms with Crippen LogP contribution in [0.4, 0.5) is 0 Å². The average molecular weight is 299 g/mol. The lowest BCUT2D eigenvalue weighted by molar-refractivity contribution is -0.145. The van der Waals surface area contributed by atoms with Crippen molar-refractivity contribution in [2.45, 2.75) is 26.1 Å². The van der Waals surface area contributed by atoms with Gasteiger partial charge in [0.1, 0.15) is 5.75 Å². The number of carbonyl (C=O) groups is 2. The minimum Gasteiger partial charge on any atom is -0.482 e. The van der Waals surface area contributed by atoms with Crippen molar-refractivity contribution in [3.63, 3.8) is 0 Å². The zero-order valence-electron chi connectivity index (χ0n) is 11.4. The summed E-state index contributed by atoms with van der Waals surface area (Å²) < 4.78 is 10.9. The molecule has 1 amide bonds. The van der Waals surface area contributed by atoms with Crippen LogP contribution in [0.5, 0.6) is 5.75 Å². The smallest absolute Gasteiger partial charge is 0.349 e. The fourth-order valence-corrected chi connectivity index (χ4v) is 2.85. The predicted molar refractivity (Wildman–Crippen MR) is 73.4 cm³/mol. The third-order valence-corrected chi connectivity index (χ3v) is 3.83. The molecule has 1 fully saturated rings. The van der Waals surface area contributed by atoms with Gasteiger partial charge in [-0.2, -0.15) is 0 Å². The first-order valence-electron chi connectivity index (χ1n) is 6.34. The molecule has 0 saturated carbocycles. The summed E-state index contributed by atoms with van der Waals surface area (Å²) >= 11 is 1.08. The Morgan fingerprint density at radius 3 is 2.70 bits per heavy atom. The third-order valence-electron chi connectivity index (χ3n) is 2.95. The molecule has 0 aromatic carbocycles. The SMILES string of the molecule is CC1CN(C(=O)COc2ccsc2C(=O)O)CC(C)O1. The number of amides is 1. The van der Waals surface area contributed by atoms with Crippen LogP contribution in [0.3, 0.4) is 0 Å². The monoisotopic (exact) mass is 299 g/mol. The highest BCUT2D eigenvalue weighted by Crippen LogP contribution is 2.24. The second-order valence-electron chi connectivity index (χ2n) is 4.76. The normalized spacial score (nSPS) is 22.6. The third kappa shape index (κ3) is 3.49. The molecule has 0 aliphatic carbocycles. The molecular formula is C13H17NO5S. The molecule has 2 unspecified atom stereocenters. The molecule has 0 spiro atoms. The highest BCUT2D eigenvalue weighted by Gasteiger charge is 2.26. The number of hydrogen-bond acceptors (Lipinski definition) is 5. The molecular weight excluding hydrogens is 282 g/mol. The van der Waals surface area contributed by atoms with E-state index >= 15 is 0 Å². The van der Waals surface area contributed by atoms with Crippen molar-refractivity contribution in [2.75, 3.05) is 19.7 Å². The molecule has 1 N–H and O–H groups in total. The number of rotatable bonds is 4. The van der Waals surface area contributed by atoms with E-state index in [9.17, 15) is 9.59 Å². The summed E-state index contributed by atoms with van der Waals surface area (Å²) in [5.74, 6) is -0.962. The molecule has 1 aromatic rings. The van der Waals surface area contributed by atoms with Gasteiger partial charge in [0.05, 0.1) is 12.2 Å². The standard InChI is InChI=1S/C13H17NO5S/c1-8-5-14(6-9(2)19-8)11(15)7-18-10-3-4-20-12(10)13(16)17/h3-4,8-9H,5-7H2,1-2H3,(H,16,17). The first-order valence-corrected chi connectivity index (χ1v) is 7.22. The second kappa shape index (κ2) is 6.23. The zero-order chi connectivity index (χ0) is 14.7. The summed E-state index contributed by atoms with van der Waals surface area (Å²) in [6.45, 7) is 4.73. The lowest BCUT2D eigenvalue weighted by Crippen LogP contribution is -2.49. The number of hydrogen-bond donors (Lipinski definition) is 1. The van der Waals surface area contributed by atoms with Gasteiger partial charge >= 0.3 is 5.97 Å². The molecule has 0 bridgehead atoms. The van der Waals surface area contributed by atoms with Crippen LogP contribution < -0.4 is 4.74 Å². The largest absolute Gasteiger partial charge is 0.482 e. The summed E-state index contributed by atoms with van der Waals surface area (Å²) in [4.78, 5) is 24.8. The molecule has 1 aromatic heterocycles. The minimum atomic E-state index is -1.05. The van der Waals surface area contributed by atoms with Crippen LogP contribution in [-0.4, -0.2) is 53.8 Å². The van der Waals surface area contributed by atoms with Crippen molar-refractivity contribution in [1.29, 1.82) is 0 Å². The average Bonchev–Trinajstić information content (AvgIpc) is 2.83. The summed E-state index contributed by atoms with van der Waals surface area (Å²) in [6, 6.07) is 1.56. The van der Waals surface area contributed by atoms with Crippen LogP contribution in [0.1, 0.15) is 23.5 Å². The van der Waals surface area contributed by atoms with Gasteiger partial charge < -0.3 is 19.5 Å². The Bertz CT molecular complexity index is 491. The second-order valence-corrected chi connectivity index (χ2v) is 5.68. The summed E-state index contributed by atoms with van der Waals surface area (Å²) in [5.41, 5.74) is 0. The maximum Gasteiger partial charge on any atom is 0.349 e. The number of ether oxygens (including phenoxy) is 2. The summed E-state index contributed by atoms with van der Waals surface area (Å²) in [5, 5.41) is 10.6. The van der Waals surface area contributed by atoms with Crippen molar-refractivity contribution >= 4 is 23.2 Å². The van der Waals surface area contributed by atoms with Gasteiger partial charge in [-0.15, -0.1) is 11.3 Å². The topological polar surface area (TPSA) is 76.1 Å². The van der Waals surface area contributed by atoms with E-state index < -0.39 is 5.97 Å². The maximum atomic E-state index is 12.1. The van der Waals surface area contributed by atoms with E-state index in [1.807, 2.05) is 13.8 Å². The number of carboxylic acids is 1. The molecule has 2 atom stereocenters. The summed E-state index contributed by atoms with van der Waals surface area (Å²) in [7, 11) is 0. The van der Waals surface area contributed by atoms with Crippen molar-refractivity contribution in [2.24, 2.45) is 0 Å². The zero-order valence-corrected chi connectivity index (χ0v) is 12.2. The van der Waals surface area contributed by atoms with Crippen LogP contribution in [0, 0.1) is 0 Å². The number of carboxylic acid groups (broad SMARTS) is 1. The van der Waals surface area contributed by atoms with Crippen molar-refractivity contribution in [3.8, 4) is 5.75 Å². The quantitative estimate of drug-likeness (QED) is 0.911. The summed E-state index contributed by atoms with van der Waals surface area (Å²) in [6.07, 6.45) is -0.00291. The molecule has 7 heteroatoms. The van der Waals surface area contributed by atoms with Gasteiger partial charge in [-0.3, -0.25) is 4.79 Å². The van der Waals surface area contributed by atoms with Crippen LogP contribution >= 0.6 is 11.3 Å². The molecule has 110 valence electrons. The fourth-order valence-electron chi connectivity index (χ4n) is 2.18. The van der Waals surface area contributed by atoms with Crippen LogP contribution in [0.15, 0.2) is 11.4 Å². The van der Waals surface area contributed by atoms with E-state index in [0.717, 1.165) is 11.3 Å². The van der Waals surface area contributed by atoms with Crippen molar-refractivity contribution in [3.05, 3.63) is 16.3 Å². The van der Waals surface area contributed by atoms with E-state index in [0.29, 0.717) is 13.1 Å². The Morgan fingerprint density at radius 1 is 1.45 bits per heavy atom. The van der Waals surface area contributed by atoms with Crippen LogP contribution in [0.25, 0.3) is 0 Å². The van der Waals surface area contributed by atoms with Gasteiger partial charge in [0.25, 0.3) is 5.91 Å². The van der Waals surface area contributed by atoms with Gasteiger partial charge in [0, 0.05) is 13.1 Å². The van der Waals surface area contributed by atoms with Gasteiger partial charge in [-0.25, -0.2) is 4.79 Å². The molecule has 2 heterocycles. The van der Waals surface area contributed by atoms with Crippen LogP contribution in [-0.2, 0) is 9.53 Å². The van der Waals surface area contributed by atoms with Gasteiger partial charge in [0.2, 0.25) is 0 Å². The Kier molecular flexibility index (Phi) is 4.61. The van der Waals surface area contributed by atoms with E-state index in [1.165, 1.54) is 0 Å². The molecule has 20 heavy (non-hydrogen) atoms. The number of nitrogens with zero attached hydrogens (tertiary/aromatic N) is 1. The van der Waals surface area contributed by atoms with Crippen LogP contribution in [0.2, 0.25) is 0 Å².